The highest BCUT2D eigenvalue weighted by atomic mass is 19.1. The fraction of sp³-hybridized carbons (Fsp3) is 0.519. The lowest BCUT2D eigenvalue weighted by Crippen LogP contribution is -2.65. The molecule has 4 rings (SSSR count). The van der Waals surface area contributed by atoms with Crippen molar-refractivity contribution in [2.75, 3.05) is 37.7 Å². The molecule has 2 aliphatic heterocycles. The molecule has 1 aromatic carbocycles. The highest BCUT2D eigenvalue weighted by Gasteiger charge is 2.49. The molecule has 3 heterocycles. The topological polar surface area (TPSA) is 87.9 Å². The van der Waals surface area contributed by atoms with Gasteiger partial charge < -0.3 is 24.0 Å². The highest BCUT2D eigenvalue weighted by molar-refractivity contribution is 5.69. The molecule has 0 saturated carbocycles. The van der Waals surface area contributed by atoms with Gasteiger partial charge in [-0.05, 0) is 57.0 Å². The van der Waals surface area contributed by atoms with E-state index >= 15 is 0 Å². The van der Waals surface area contributed by atoms with E-state index in [1.54, 1.807) is 30.0 Å². The number of pyridine rings is 1. The van der Waals surface area contributed by atoms with E-state index < -0.39 is 5.60 Å². The number of carbonyl (C=O) groups is 1. The Kier molecular flexibility index (Phi) is 7.48. The molecule has 2 aromatic rings. The minimum atomic E-state index is -0.523. The van der Waals surface area contributed by atoms with E-state index in [9.17, 15) is 9.18 Å². The van der Waals surface area contributed by atoms with E-state index in [2.05, 4.69) is 11.1 Å². The quantitative estimate of drug-likeness (QED) is 0.585. The maximum Gasteiger partial charge on any atom is 0.410 e. The lowest BCUT2D eigenvalue weighted by Gasteiger charge is -2.52. The molecular weight excluding hydrogens is 463 g/mol. The normalized spacial score (nSPS) is 17.4. The molecule has 2 fully saturated rings. The van der Waals surface area contributed by atoms with Crippen molar-refractivity contribution in [2.24, 2.45) is 5.41 Å². The summed E-state index contributed by atoms with van der Waals surface area (Å²) in [6.07, 6.45) is 1.42. The molecule has 2 saturated heterocycles. The van der Waals surface area contributed by atoms with Gasteiger partial charge in [0.25, 0.3) is 0 Å². The van der Waals surface area contributed by atoms with Gasteiger partial charge in [0, 0.05) is 38.8 Å². The molecule has 8 nitrogen and oxygen atoms in total. The Labute approximate surface area is 211 Å². The predicted molar refractivity (Wildman–Crippen MR) is 132 cm³/mol. The summed E-state index contributed by atoms with van der Waals surface area (Å²) in [5, 5.41) is 9.09. The van der Waals surface area contributed by atoms with Crippen LogP contribution in [0.5, 0.6) is 0 Å². The molecule has 36 heavy (non-hydrogen) atoms. The first kappa shape index (κ1) is 25.9. The Bertz CT molecular complexity index is 1110. The van der Waals surface area contributed by atoms with Crippen molar-refractivity contribution in [1.82, 2.24) is 9.88 Å². The number of ether oxygens (including phenoxy) is 3. The summed E-state index contributed by atoms with van der Waals surface area (Å²) in [4.78, 5) is 20.4. The number of carbonyl (C=O) groups excluding carboxylic acids is 1. The Morgan fingerprint density at radius 3 is 2.58 bits per heavy atom. The fourth-order valence-electron chi connectivity index (χ4n) is 4.33. The molecule has 192 valence electrons. The summed E-state index contributed by atoms with van der Waals surface area (Å²) in [6, 6.07) is 10.8. The molecule has 2 aliphatic rings. The summed E-state index contributed by atoms with van der Waals surface area (Å²) < 4.78 is 31.6. The molecule has 9 heteroatoms. The number of rotatable bonds is 6. The van der Waals surface area contributed by atoms with Gasteiger partial charge >= 0.3 is 6.09 Å². The number of amides is 1. The number of hydrogen-bond donors (Lipinski definition) is 0. The molecule has 0 atom stereocenters. The molecule has 0 N–H and O–H groups in total. The van der Waals surface area contributed by atoms with E-state index in [1.165, 1.54) is 12.3 Å². The van der Waals surface area contributed by atoms with Gasteiger partial charge in [-0.25, -0.2) is 14.2 Å². The van der Waals surface area contributed by atoms with Crippen molar-refractivity contribution in [1.29, 1.82) is 5.26 Å². The van der Waals surface area contributed by atoms with Gasteiger partial charge in [-0.15, -0.1) is 0 Å². The van der Waals surface area contributed by atoms with Crippen LogP contribution in [0.1, 0.15) is 43.9 Å². The number of halogens is 1. The van der Waals surface area contributed by atoms with Gasteiger partial charge in [-0.3, -0.25) is 0 Å². The monoisotopic (exact) mass is 496 g/mol. The predicted octanol–water partition coefficient (Wildman–Crippen LogP) is 4.41. The van der Waals surface area contributed by atoms with E-state index in [1.807, 2.05) is 31.7 Å². The van der Waals surface area contributed by atoms with Crippen LogP contribution >= 0.6 is 0 Å². The van der Waals surface area contributed by atoms with Gasteiger partial charge in [0.2, 0.25) is 0 Å². The van der Waals surface area contributed by atoms with E-state index in [4.69, 9.17) is 19.5 Å². The van der Waals surface area contributed by atoms with Crippen LogP contribution in [0.15, 0.2) is 36.5 Å². The Morgan fingerprint density at radius 2 is 2.00 bits per heavy atom. The highest BCUT2D eigenvalue weighted by Crippen LogP contribution is 2.36. The SMILES string of the molecule is Cc1ccc(CN(CCC2OCC3(CO2)CN(C(=O)OC(C)(C)C)C3)c2ccc(C#N)cn2)cc1F. The van der Waals surface area contributed by atoms with Gasteiger partial charge in [0.1, 0.15) is 23.3 Å². The molecular formula is C27H33FN4O4. The van der Waals surface area contributed by atoms with Crippen LogP contribution in [0.25, 0.3) is 0 Å². The van der Waals surface area contributed by atoms with Crippen molar-refractivity contribution < 1.29 is 23.4 Å². The molecule has 0 aliphatic carbocycles. The summed E-state index contributed by atoms with van der Waals surface area (Å²) in [5.74, 6) is 0.444. The van der Waals surface area contributed by atoms with Gasteiger partial charge in [-0.2, -0.15) is 5.26 Å². The maximum atomic E-state index is 14.1. The Morgan fingerprint density at radius 1 is 1.28 bits per heavy atom. The van der Waals surface area contributed by atoms with Gasteiger partial charge in [0.15, 0.2) is 6.29 Å². The van der Waals surface area contributed by atoms with Crippen LogP contribution in [-0.4, -0.2) is 60.7 Å². The van der Waals surface area contributed by atoms with Crippen LogP contribution in [0.4, 0.5) is 15.0 Å². The van der Waals surface area contributed by atoms with E-state index in [0.717, 1.165) is 5.56 Å². The smallest absolute Gasteiger partial charge is 0.410 e. The molecule has 0 radical (unpaired) electrons. The Hall–Kier alpha value is -3.22. The number of benzene rings is 1. The zero-order valence-electron chi connectivity index (χ0n) is 21.3. The summed E-state index contributed by atoms with van der Waals surface area (Å²) in [5.41, 5.74) is 1.18. The fourth-order valence-corrected chi connectivity index (χ4v) is 4.33. The number of likely N-dealkylation sites (tertiary alicyclic amines) is 1. The first-order chi connectivity index (χ1) is 17.1. The minimum Gasteiger partial charge on any atom is -0.444 e. The zero-order valence-corrected chi connectivity index (χ0v) is 21.3. The van der Waals surface area contributed by atoms with Crippen LogP contribution in [0.3, 0.4) is 0 Å². The average molecular weight is 497 g/mol. The van der Waals surface area contributed by atoms with Crippen LogP contribution in [0.2, 0.25) is 0 Å². The second kappa shape index (κ2) is 10.4. The standard InChI is InChI=1S/C27H33FN4O4/c1-19-5-6-20(11-22(19)28)14-31(23-8-7-21(12-29)13-30-23)10-9-24-34-17-27(18-35-24)15-32(16-27)25(33)36-26(2,3)4/h5-8,11,13,24H,9-10,14-18H2,1-4H3. The molecule has 1 spiro atoms. The van der Waals surface area contributed by atoms with E-state index in [-0.39, 0.29) is 23.6 Å². The van der Waals surface area contributed by atoms with Gasteiger partial charge in [0.05, 0.1) is 24.2 Å². The van der Waals surface area contributed by atoms with Crippen molar-refractivity contribution in [3.05, 3.63) is 59.0 Å². The number of hydrogen-bond acceptors (Lipinski definition) is 7. The maximum absolute atomic E-state index is 14.1. The van der Waals surface area contributed by atoms with Crippen molar-refractivity contribution in [2.45, 2.75) is 52.6 Å². The number of aryl methyl sites for hydroxylation is 1. The summed E-state index contributed by atoms with van der Waals surface area (Å²) in [7, 11) is 0. The number of nitriles is 1. The molecule has 1 amide bonds. The third kappa shape index (κ3) is 6.31. The lowest BCUT2D eigenvalue weighted by atomic mass is 9.81. The number of anilines is 1. The zero-order chi connectivity index (χ0) is 25.9. The molecule has 0 unspecified atom stereocenters. The van der Waals surface area contributed by atoms with Crippen molar-refractivity contribution in [3.63, 3.8) is 0 Å². The van der Waals surface area contributed by atoms with E-state index in [0.29, 0.717) is 62.8 Å². The largest absolute Gasteiger partial charge is 0.444 e. The average Bonchev–Trinajstić information content (AvgIpc) is 2.82. The second-order valence-corrected chi connectivity index (χ2v) is 10.7. The number of nitrogens with zero attached hydrogens (tertiary/aromatic N) is 4. The summed E-state index contributed by atoms with van der Waals surface area (Å²) >= 11 is 0. The third-order valence-corrected chi connectivity index (χ3v) is 6.30. The first-order valence-electron chi connectivity index (χ1n) is 12.1. The van der Waals surface area contributed by atoms with Crippen LogP contribution in [0, 0.1) is 29.5 Å². The lowest BCUT2D eigenvalue weighted by molar-refractivity contribution is -0.254. The van der Waals surface area contributed by atoms with Crippen LogP contribution in [-0.2, 0) is 20.8 Å². The molecule has 1 aromatic heterocycles. The Balaban J connectivity index is 1.33. The van der Waals surface area contributed by atoms with Crippen LogP contribution < -0.4 is 4.90 Å². The third-order valence-electron chi connectivity index (χ3n) is 6.30. The molecule has 0 bridgehead atoms. The van der Waals surface area contributed by atoms with Crippen molar-refractivity contribution >= 4 is 11.9 Å². The minimum absolute atomic E-state index is 0.193. The van der Waals surface area contributed by atoms with Gasteiger partial charge in [-0.1, -0.05) is 12.1 Å². The number of aromatic nitrogens is 1. The first-order valence-corrected chi connectivity index (χ1v) is 12.1. The van der Waals surface area contributed by atoms with Crippen molar-refractivity contribution in [3.8, 4) is 6.07 Å². The summed E-state index contributed by atoms with van der Waals surface area (Å²) in [6.45, 7) is 10.4. The second-order valence-electron chi connectivity index (χ2n) is 10.7.